The van der Waals surface area contributed by atoms with E-state index in [1.165, 1.54) is 4.40 Å². The molecule has 11 heavy (non-hydrogen) atoms. The van der Waals surface area contributed by atoms with Crippen LogP contribution >= 0.6 is 0 Å². The quantitative estimate of drug-likeness (QED) is 0.703. The molecule has 60 valence electrons. The zero-order chi connectivity index (χ0) is 8.48. The normalized spacial score (nSPS) is 11.5. The minimum absolute atomic E-state index is 0.361. The molecule has 0 bridgehead atoms. The van der Waals surface area contributed by atoms with Crippen LogP contribution in [-0.2, 0) is 0 Å². The fourth-order valence-electron chi connectivity index (χ4n) is 0.961. The molecule has 1 aromatic carbocycles. The van der Waals surface area contributed by atoms with Crippen molar-refractivity contribution in [3.8, 4) is 5.75 Å². The summed E-state index contributed by atoms with van der Waals surface area (Å²) in [5.74, 6) is 7.38. The van der Waals surface area contributed by atoms with Crippen LogP contribution in [0.5, 0.6) is 5.75 Å². The minimum atomic E-state index is -1.64. The van der Waals surface area contributed by atoms with Crippen molar-refractivity contribution in [2.24, 2.45) is 0 Å². The summed E-state index contributed by atoms with van der Waals surface area (Å²) >= 11 is -1.64. The van der Waals surface area contributed by atoms with Crippen LogP contribution in [-0.4, -0.2) is 18.4 Å². The first-order valence-electron chi connectivity index (χ1n) is 3.79. The summed E-state index contributed by atoms with van der Waals surface area (Å²) in [6, 6.07) is 7.61. The van der Waals surface area contributed by atoms with Gasteiger partial charge in [0.1, 0.15) is 0 Å². The number of hydrogen-bond donors (Lipinski definition) is 1. The average Bonchev–Trinajstić information content (AvgIpc) is 1.86. The van der Waals surface area contributed by atoms with Gasteiger partial charge in [-0.1, -0.05) is 0 Å². The number of rotatable bonds is 1. The van der Waals surface area contributed by atoms with Gasteiger partial charge in [0.05, 0.1) is 0 Å². The molecule has 0 amide bonds. The van der Waals surface area contributed by atoms with E-state index in [0.717, 1.165) is 0 Å². The molecule has 1 rings (SSSR count). The van der Waals surface area contributed by atoms with Gasteiger partial charge in [-0.05, 0) is 0 Å². The molecule has 1 N–H and O–H groups in total. The third kappa shape index (κ3) is 2.26. The van der Waals surface area contributed by atoms with Gasteiger partial charge in [0.25, 0.3) is 0 Å². The second-order valence-electron chi connectivity index (χ2n) is 3.80. The maximum absolute atomic E-state index is 9.04. The first-order valence-corrected chi connectivity index (χ1v) is 11.1. The van der Waals surface area contributed by atoms with E-state index in [4.69, 9.17) is 5.11 Å². The molecule has 0 aliphatic carbocycles. The molecule has 0 heterocycles. The number of aromatic hydroxyl groups is 1. The zero-order valence-corrected chi connectivity index (χ0v) is 9.35. The van der Waals surface area contributed by atoms with E-state index in [-0.39, 0.29) is 0 Å². The molecule has 0 atom stereocenters. The summed E-state index contributed by atoms with van der Waals surface area (Å²) in [5, 5.41) is 9.04. The van der Waals surface area contributed by atoms with Crippen LogP contribution < -0.4 is 4.40 Å². The molecule has 2 heteroatoms. The van der Waals surface area contributed by atoms with Crippen molar-refractivity contribution in [1.29, 1.82) is 0 Å². The summed E-state index contributed by atoms with van der Waals surface area (Å²) in [5.41, 5.74) is 0. The summed E-state index contributed by atoms with van der Waals surface area (Å²) in [6.07, 6.45) is 0. The monoisotopic (exact) mass is 212 g/mol. The third-order valence-electron chi connectivity index (χ3n) is 1.73. The standard InChI is InChI=1S/C9H14GeO/c1-10(2,3)8-4-6-9(11)7-5-8/h4-7,11H,1-3H3. The van der Waals surface area contributed by atoms with Gasteiger partial charge in [0.15, 0.2) is 0 Å². The molecule has 0 radical (unpaired) electrons. The van der Waals surface area contributed by atoms with Gasteiger partial charge >= 0.3 is 70.1 Å². The SMILES string of the molecule is [CH3][Ge]([CH3])([CH3])[c]1ccc(O)cc1. The summed E-state index contributed by atoms with van der Waals surface area (Å²) in [6.45, 7) is 0. The average molecular weight is 211 g/mol. The molecular weight excluding hydrogens is 197 g/mol. The molecular formula is C9H14GeO. The Morgan fingerprint density at radius 3 is 1.82 bits per heavy atom. The third-order valence-corrected chi connectivity index (χ3v) is 6.07. The predicted molar refractivity (Wildman–Crippen MR) is 51.1 cm³/mol. The maximum atomic E-state index is 9.04. The molecule has 1 nitrogen and oxygen atoms in total. The predicted octanol–water partition coefficient (Wildman–Crippen LogP) is 1.94. The molecule has 0 saturated heterocycles. The molecule has 1 aromatic rings. The number of phenolic OH excluding ortho intramolecular Hbond substituents is 1. The fraction of sp³-hybridized carbons (Fsp3) is 0.333. The summed E-state index contributed by atoms with van der Waals surface area (Å²) in [7, 11) is 0. The Morgan fingerprint density at radius 2 is 1.45 bits per heavy atom. The van der Waals surface area contributed by atoms with Crippen molar-refractivity contribution in [2.45, 2.75) is 17.3 Å². The molecule has 0 unspecified atom stereocenters. The molecule has 0 aromatic heterocycles. The fourth-order valence-corrected chi connectivity index (χ4v) is 3.41. The second-order valence-corrected chi connectivity index (χ2v) is 14.4. The van der Waals surface area contributed by atoms with Gasteiger partial charge in [0, 0.05) is 0 Å². The van der Waals surface area contributed by atoms with Crippen LogP contribution in [0.2, 0.25) is 17.3 Å². The van der Waals surface area contributed by atoms with Gasteiger partial charge in [0.2, 0.25) is 0 Å². The van der Waals surface area contributed by atoms with Crippen LogP contribution in [0.1, 0.15) is 0 Å². The van der Waals surface area contributed by atoms with Gasteiger partial charge < -0.3 is 0 Å². The van der Waals surface area contributed by atoms with Gasteiger partial charge in [-0.2, -0.15) is 0 Å². The number of phenols is 1. The Bertz CT molecular complexity index is 233. The Kier molecular flexibility index (Phi) is 2.28. The van der Waals surface area contributed by atoms with E-state index in [0.29, 0.717) is 5.75 Å². The molecule has 0 spiro atoms. The zero-order valence-electron chi connectivity index (χ0n) is 7.26. The number of hydrogen-bond acceptors (Lipinski definition) is 1. The van der Waals surface area contributed by atoms with Crippen LogP contribution in [0, 0.1) is 0 Å². The Morgan fingerprint density at radius 1 is 1.00 bits per heavy atom. The Labute approximate surface area is 70.4 Å². The van der Waals surface area contributed by atoms with E-state index < -0.39 is 13.3 Å². The topological polar surface area (TPSA) is 20.2 Å². The van der Waals surface area contributed by atoms with Crippen molar-refractivity contribution in [3.63, 3.8) is 0 Å². The van der Waals surface area contributed by atoms with Crippen molar-refractivity contribution in [1.82, 2.24) is 0 Å². The summed E-state index contributed by atoms with van der Waals surface area (Å²) in [4.78, 5) is 0. The van der Waals surface area contributed by atoms with E-state index in [2.05, 4.69) is 17.3 Å². The van der Waals surface area contributed by atoms with E-state index in [9.17, 15) is 0 Å². The van der Waals surface area contributed by atoms with Crippen LogP contribution in [0.15, 0.2) is 24.3 Å². The number of benzene rings is 1. The van der Waals surface area contributed by atoms with E-state index in [1.54, 1.807) is 12.1 Å². The first-order chi connectivity index (χ1) is 5.00. The van der Waals surface area contributed by atoms with Crippen molar-refractivity contribution < 1.29 is 5.11 Å². The van der Waals surface area contributed by atoms with Gasteiger partial charge in [-0.3, -0.25) is 0 Å². The van der Waals surface area contributed by atoms with Crippen LogP contribution in [0.4, 0.5) is 0 Å². The first kappa shape index (κ1) is 8.66. The van der Waals surface area contributed by atoms with Crippen molar-refractivity contribution in [2.75, 3.05) is 0 Å². The van der Waals surface area contributed by atoms with Crippen molar-refractivity contribution in [3.05, 3.63) is 24.3 Å². The van der Waals surface area contributed by atoms with Crippen molar-refractivity contribution >= 4 is 17.7 Å². The van der Waals surface area contributed by atoms with E-state index in [1.807, 2.05) is 12.1 Å². The Balaban J connectivity index is 2.99. The molecule has 0 saturated carbocycles. The molecule has 0 fully saturated rings. The summed E-state index contributed by atoms with van der Waals surface area (Å²) < 4.78 is 1.43. The molecule has 0 aliphatic heterocycles. The van der Waals surface area contributed by atoms with Gasteiger partial charge in [-0.25, -0.2) is 0 Å². The molecule has 0 aliphatic rings. The van der Waals surface area contributed by atoms with E-state index >= 15 is 0 Å². The van der Waals surface area contributed by atoms with Crippen LogP contribution in [0.3, 0.4) is 0 Å². The Hall–Kier alpha value is -0.437. The second kappa shape index (κ2) is 2.89. The van der Waals surface area contributed by atoms with Gasteiger partial charge in [-0.15, -0.1) is 0 Å². The van der Waals surface area contributed by atoms with Crippen LogP contribution in [0.25, 0.3) is 0 Å².